The van der Waals surface area contributed by atoms with E-state index in [9.17, 15) is 9.59 Å². The molecule has 0 bridgehead atoms. The zero-order chi connectivity index (χ0) is 15.9. The first-order valence-corrected chi connectivity index (χ1v) is 7.55. The van der Waals surface area contributed by atoms with Gasteiger partial charge in [0, 0.05) is 10.9 Å². The second-order valence-corrected chi connectivity index (χ2v) is 5.15. The second kappa shape index (κ2) is 7.56. The number of methoxy groups -OCH3 is 1. The molecule has 0 saturated heterocycles. The van der Waals surface area contributed by atoms with Crippen molar-refractivity contribution in [2.75, 3.05) is 19.0 Å². The third-order valence-corrected chi connectivity index (χ3v) is 3.50. The van der Waals surface area contributed by atoms with Gasteiger partial charge in [-0.25, -0.2) is 4.98 Å². The number of carbonyl (C=O) groups is 2. The molecule has 1 heterocycles. The fourth-order valence-corrected chi connectivity index (χ4v) is 2.47. The van der Waals surface area contributed by atoms with Crippen LogP contribution in [0.25, 0.3) is 11.3 Å². The van der Waals surface area contributed by atoms with E-state index in [4.69, 9.17) is 9.47 Å². The van der Waals surface area contributed by atoms with Crippen molar-refractivity contribution in [2.45, 2.75) is 13.3 Å². The molecular formula is C15H16N2O4S. The van der Waals surface area contributed by atoms with Crippen molar-refractivity contribution >= 4 is 28.3 Å². The first kappa shape index (κ1) is 16.0. The maximum Gasteiger partial charge on any atom is 0.315 e. The van der Waals surface area contributed by atoms with Crippen molar-refractivity contribution in [3.63, 3.8) is 0 Å². The smallest absolute Gasteiger partial charge is 0.315 e. The van der Waals surface area contributed by atoms with Crippen LogP contribution in [0.5, 0.6) is 5.75 Å². The molecule has 2 aromatic rings. The number of esters is 1. The minimum Gasteiger partial charge on any atom is -0.497 e. The molecule has 0 aliphatic rings. The predicted molar refractivity (Wildman–Crippen MR) is 84.0 cm³/mol. The van der Waals surface area contributed by atoms with Gasteiger partial charge in [0.05, 0.1) is 19.4 Å². The molecule has 1 aromatic heterocycles. The molecule has 0 spiro atoms. The van der Waals surface area contributed by atoms with E-state index in [-0.39, 0.29) is 13.0 Å². The zero-order valence-electron chi connectivity index (χ0n) is 12.3. The molecule has 0 atom stereocenters. The van der Waals surface area contributed by atoms with Gasteiger partial charge in [-0.2, -0.15) is 0 Å². The van der Waals surface area contributed by atoms with E-state index in [0.717, 1.165) is 17.0 Å². The molecule has 0 aliphatic carbocycles. The Balaban J connectivity index is 1.98. The summed E-state index contributed by atoms with van der Waals surface area (Å²) in [6, 6.07) is 7.46. The molecule has 6 nitrogen and oxygen atoms in total. The number of hydrogen-bond donors (Lipinski definition) is 1. The number of ether oxygens (including phenoxy) is 2. The van der Waals surface area contributed by atoms with Gasteiger partial charge in [0.1, 0.15) is 12.2 Å². The van der Waals surface area contributed by atoms with Crippen LogP contribution in [-0.2, 0) is 14.3 Å². The molecule has 1 aromatic carbocycles. The summed E-state index contributed by atoms with van der Waals surface area (Å²) >= 11 is 1.30. The summed E-state index contributed by atoms with van der Waals surface area (Å²) in [7, 11) is 1.61. The van der Waals surface area contributed by atoms with Gasteiger partial charge in [-0.1, -0.05) is 0 Å². The minimum atomic E-state index is -0.549. The minimum absolute atomic E-state index is 0.255. The highest BCUT2D eigenvalue weighted by Crippen LogP contribution is 2.26. The Morgan fingerprint density at radius 1 is 1.27 bits per heavy atom. The second-order valence-electron chi connectivity index (χ2n) is 4.30. The Hall–Kier alpha value is -2.41. The quantitative estimate of drug-likeness (QED) is 0.654. The number of carbonyl (C=O) groups excluding carboxylic acids is 2. The average molecular weight is 320 g/mol. The molecule has 0 unspecified atom stereocenters. The van der Waals surface area contributed by atoms with Crippen LogP contribution < -0.4 is 10.1 Å². The van der Waals surface area contributed by atoms with E-state index in [1.54, 1.807) is 14.0 Å². The largest absolute Gasteiger partial charge is 0.497 e. The fraction of sp³-hybridized carbons (Fsp3) is 0.267. The number of nitrogens with one attached hydrogen (secondary N) is 1. The summed E-state index contributed by atoms with van der Waals surface area (Å²) in [5, 5.41) is 4.87. The first-order chi connectivity index (χ1) is 10.6. The van der Waals surface area contributed by atoms with Gasteiger partial charge >= 0.3 is 5.97 Å². The van der Waals surface area contributed by atoms with E-state index >= 15 is 0 Å². The van der Waals surface area contributed by atoms with E-state index in [1.165, 1.54) is 11.3 Å². The Bertz CT molecular complexity index is 652. The zero-order valence-corrected chi connectivity index (χ0v) is 13.1. The number of hydrogen-bond acceptors (Lipinski definition) is 6. The van der Waals surface area contributed by atoms with Crippen molar-refractivity contribution in [3.05, 3.63) is 29.6 Å². The Morgan fingerprint density at radius 3 is 2.64 bits per heavy atom. The number of anilines is 1. The summed E-state index contributed by atoms with van der Waals surface area (Å²) in [4.78, 5) is 27.2. The van der Waals surface area contributed by atoms with E-state index in [0.29, 0.717) is 5.13 Å². The normalized spacial score (nSPS) is 10.1. The van der Waals surface area contributed by atoms with Gasteiger partial charge in [0.25, 0.3) is 0 Å². The van der Waals surface area contributed by atoms with Gasteiger partial charge in [-0.05, 0) is 31.2 Å². The van der Waals surface area contributed by atoms with Gasteiger partial charge < -0.3 is 14.8 Å². The third-order valence-electron chi connectivity index (χ3n) is 2.75. The lowest BCUT2D eigenvalue weighted by Gasteiger charge is -2.02. The Labute approximate surface area is 132 Å². The summed E-state index contributed by atoms with van der Waals surface area (Å²) in [6.07, 6.45) is -0.314. The predicted octanol–water partition coefficient (Wildman–Crippen LogP) is 2.71. The van der Waals surface area contributed by atoms with Gasteiger partial charge in [0.15, 0.2) is 5.13 Å². The summed E-state index contributed by atoms with van der Waals surface area (Å²) in [5.74, 6) is -0.219. The van der Waals surface area contributed by atoms with Crippen LogP contribution in [0.1, 0.15) is 13.3 Å². The van der Waals surface area contributed by atoms with Gasteiger partial charge in [0.2, 0.25) is 5.91 Å². The molecule has 1 N–H and O–H groups in total. The van der Waals surface area contributed by atoms with Crippen molar-refractivity contribution in [3.8, 4) is 17.0 Å². The summed E-state index contributed by atoms with van der Waals surface area (Å²) < 4.78 is 9.82. The van der Waals surface area contributed by atoms with Crippen LogP contribution in [0.2, 0.25) is 0 Å². The molecule has 22 heavy (non-hydrogen) atoms. The van der Waals surface area contributed by atoms with Crippen LogP contribution in [0.4, 0.5) is 5.13 Å². The molecule has 7 heteroatoms. The topological polar surface area (TPSA) is 77.5 Å². The molecule has 1 amide bonds. The van der Waals surface area contributed by atoms with Crippen LogP contribution in [0.3, 0.4) is 0 Å². The van der Waals surface area contributed by atoms with Gasteiger partial charge in [-0.3, -0.25) is 9.59 Å². The van der Waals surface area contributed by atoms with Crippen molar-refractivity contribution < 1.29 is 19.1 Å². The molecule has 0 fully saturated rings. The van der Waals surface area contributed by atoms with Gasteiger partial charge in [-0.15, -0.1) is 11.3 Å². The molecule has 0 aliphatic heterocycles. The maximum absolute atomic E-state index is 11.7. The molecule has 0 radical (unpaired) electrons. The highest BCUT2D eigenvalue weighted by Gasteiger charge is 2.12. The van der Waals surface area contributed by atoms with Crippen LogP contribution >= 0.6 is 11.3 Å². The number of thiazole rings is 1. The maximum atomic E-state index is 11.7. The van der Waals surface area contributed by atoms with E-state index in [1.807, 2.05) is 29.6 Å². The number of rotatable bonds is 6. The average Bonchev–Trinajstić information content (AvgIpc) is 2.95. The Morgan fingerprint density at radius 2 is 2.00 bits per heavy atom. The summed E-state index contributed by atoms with van der Waals surface area (Å²) in [6.45, 7) is 1.95. The van der Waals surface area contributed by atoms with Crippen LogP contribution in [-0.4, -0.2) is 30.6 Å². The Kier molecular flexibility index (Phi) is 5.48. The number of nitrogens with zero attached hydrogens (tertiary/aromatic N) is 1. The molecular weight excluding hydrogens is 304 g/mol. The number of aromatic nitrogens is 1. The molecule has 2 rings (SSSR count). The molecule has 0 saturated carbocycles. The SMILES string of the molecule is CCOC(=O)CC(=O)Nc1nc(-c2ccc(OC)cc2)cs1. The monoisotopic (exact) mass is 320 g/mol. The third kappa shape index (κ3) is 4.29. The highest BCUT2D eigenvalue weighted by molar-refractivity contribution is 7.14. The van der Waals surface area contributed by atoms with Crippen LogP contribution in [0, 0.1) is 0 Å². The lowest BCUT2D eigenvalue weighted by Crippen LogP contribution is -2.18. The van der Waals surface area contributed by atoms with Crippen molar-refractivity contribution in [1.29, 1.82) is 0 Å². The van der Waals surface area contributed by atoms with E-state index in [2.05, 4.69) is 10.3 Å². The first-order valence-electron chi connectivity index (χ1n) is 6.67. The number of benzene rings is 1. The number of amides is 1. The lowest BCUT2D eigenvalue weighted by molar-refractivity contribution is -0.145. The van der Waals surface area contributed by atoms with Crippen molar-refractivity contribution in [1.82, 2.24) is 4.98 Å². The highest BCUT2D eigenvalue weighted by atomic mass is 32.1. The van der Waals surface area contributed by atoms with Crippen LogP contribution in [0.15, 0.2) is 29.6 Å². The van der Waals surface area contributed by atoms with Crippen molar-refractivity contribution in [2.24, 2.45) is 0 Å². The van der Waals surface area contributed by atoms with E-state index < -0.39 is 11.9 Å². The lowest BCUT2D eigenvalue weighted by atomic mass is 10.2. The summed E-state index contributed by atoms with van der Waals surface area (Å²) in [5.41, 5.74) is 1.67. The standard InChI is InChI=1S/C15H16N2O4S/c1-3-21-14(19)8-13(18)17-15-16-12(9-22-15)10-4-6-11(20-2)7-5-10/h4-7,9H,3,8H2,1-2H3,(H,16,17,18). The fourth-order valence-electron chi connectivity index (χ4n) is 1.73. The molecule has 116 valence electrons.